The van der Waals surface area contributed by atoms with Crippen molar-refractivity contribution in [1.82, 2.24) is 4.98 Å². The number of hydrogen-bond donors (Lipinski definition) is 1. The van der Waals surface area contributed by atoms with Crippen molar-refractivity contribution in [3.63, 3.8) is 0 Å². The maximum absolute atomic E-state index is 8.58. The van der Waals surface area contributed by atoms with E-state index in [1.165, 1.54) is 0 Å². The molecule has 0 aromatic carbocycles. The van der Waals surface area contributed by atoms with E-state index in [2.05, 4.69) is 16.1 Å². The Labute approximate surface area is 70.8 Å². The summed E-state index contributed by atoms with van der Waals surface area (Å²) in [5, 5.41) is 11.7. The standard InChI is InChI=1S/C9H8N2O/c1-2-4-9(11-12)8-5-3-6-10-7-8/h1,3,5-7,12H,4H2/b11-9+. The molecular weight excluding hydrogens is 152 g/mol. The molecule has 0 saturated heterocycles. The molecule has 1 heterocycles. The highest BCUT2D eigenvalue weighted by molar-refractivity contribution is 6.01. The van der Waals surface area contributed by atoms with E-state index in [4.69, 9.17) is 11.6 Å². The Morgan fingerprint density at radius 2 is 2.58 bits per heavy atom. The average Bonchev–Trinajstić information content (AvgIpc) is 2.15. The summed E-state index contributed by atoms with van der Waals surface area (Å²) in [4.78, 5) is 3.88. The Hall–Kier alpha value is -1.82. The number of pyridine rings is 1. The molecule has 0 radical (unpaired) electrons. The van der Waals surface area contributed by atoms with Gasteiger partial charge in [0.1, 0.15) is 5.71 Å². The molecule has 0 saturated carbocycles. The minimum atomic E-state index is 0.308. The Morgan fingerprint density at radius 3 is 3.08 bits per heavy atom. The predicted molar refractivity (Wildman–Crippen MR) is 46.0 cm³/mol. The van der Waals surface area contributed by atoms with Gasteiger partial charge in [-0.25, -0.2) is 0 Å². The first kappa shape index (κ1) is 8.28. The Morgan fingerprint density at radius 1 is 1.75 bits per heavy atom. The molecule has 0 bridgehead atoms. The number of hydrogen-bond acceptors (Lipinski definition) is 3. The van der Waals surface area contributed by atoms with Crippen LogP contribution in [0.1, 0.15) is 12.0 Å². The summed E-state index contributed by atoms with van der Waals surface area (Å²) in [5.74, 6) is 2.40. The predicted octanol–water partition coefficient (Wildman–Crippen LogP) is 1.28. The van der Waals surface area contributed by atoms with Gasteiger partial charge in [0.05, 0.1) is 6.42 Å². The van der Waals surface area contributed by atoms with Gasteiger partial charge in [-0.15, -0.1) is 12.3 Å². The molecule has 1 rings (SSSR count). The number of terminal acetylenes is 1. The number of nitrogens with zero attached hydrogens (tertiary/aromatic N) is 2. The third-order valence-electron chi connectivity index (χ3n) is 1.38. The lowest BCUT2D eigenvalue weighted by Gasteiger charge is -1.97. The second-order valence-corrected chi connectivity index (χ2v) is 2.17. The first-order valence-corrected chi connectivity index (χ1v) is 3.43. The number of aromatic nitrogens is 1. The van der Waals surface area contributed by atoms with Crippen molar-refractivity contribution in [3.8, 4) is 12.3 Å². The number of rotatable bonds is 2. The van der Waals surface area contributed by atoms with Crippen molar-refractivity contribution in [3.05, 3.63) is 30.1 Å². The zero-order chi connectivity index (χ0) is 8.81. The molecule has 0 amide bonds. The van der Waals surface area contributed by atoms with Crippen LogP contribution in [0.3, 0.4) is 0 Å². The fraction of sp³-hybridized carbons (Fsp3) is 0.111. The lowest BCUT2D eigenvalue weighted by Crippen LogP contribution is -1.99. The van der Waals surface area contributed by atoms with Crippen molar-refractivity contribution in [2.75, 3.05) is 0 Å². The molecule has 1 aromatic rings. The van der Waals surface area contributed by atoms with Crippen molar-refractivity contribution >= 4 is 5.71 Å². The van der Waals surface area contributed by atoms with E-state index in [1.807, 2.05) is 0 Å². The molecule has 0 spiro atoms. The van der Waals surface area contributed by atoms with Crippen LogP contribution in [0.25, 0.3) is 0 Å². The van der Waals surface area contributed by atoms with Gasteiger partial charge in [-0.05, 0) is 12.1 Å². The van der Waals surface area contributed by atoms with E-state index in [9.17, 15) is 0 Å². The second-order valence-electron chi connectivity index (χ2n) is 2.17. The van der Waals surface area contributed by atoms with Gasteiger partial charge in [-0.3, -0.25) is 4.98 Å². The van der Waals surface area contributed by atoms with Crippen molar-refractivity contribution in [1.29, 1.82) is 0 Å². The van der Waals surface area contributed by atoms with Gasteiger partial charge < -0.3 is 5.21 Å². The summed E-state index contributed by atoms with van der Waals surface area (Å²) in [7, 11) is 0. The van der Waals surface area contributed by atoms with Crippen LogP contribution in [0.15, 0.2) is 29.7 Å². The highest BCUT2D eigenvalue weighted by Crippen LogP contribution is 2.01. The molecule has 3 heteroatoms. The molecule has 0 aliphatic carbocycles. The second kappa shape index (κ2) is 4.14. The van der Waals surface area contributed by atoms with E-state index >= 15 is 0 Å². The highest BCUT2D eigenvalue weighted by atomic mass is 16.4. The third-order valence-corrected chi connectivity index (χ3v) is 1.38. The van der Waals surface area contributed by atoms with E-state index in [1.54, 1.807) is 24.5 Å². The van der Waals surface area contributed by atoms with Crippen molar-refractivity contribution < 1.29 is 5.21 Å². The SMILES string of the molecule is C#CC/C(=N\O)c1cccnc1. The number of oxime groups is 1. The minimum absolute atomic E-state index is 0.308. The van der Waals surface area contributed by atoms with Gasteiger partial charge in [0.25, 0.3) is 0 Å². The van der Waals surface area contributed by atoms with Gasteiger partial charge in [-0.2, -0.15) is 0 Å². The highest BCUT2D eigenvalue weighted by Gasteiger charge is 2.00. The van der Waals surface area contributed by atoms with Gasteiger partial charge in [-0.1, -0.05) is 5.16 Å². The molecule has 0 aliphatic rings. The molecule has 1 aromatic heterocycles. The van der Waals surface area contributed by atoms with E-state index in [-0.39, 0.29) is 0 Å². The molecular formula is C9H8N2O. The maximum atomic E-state index is 8.58. The lowest BCUT2D eigenvalue weighted by molar-refractivity contribution is 0.318. The fourth-order valence-electron chi connectivity index (χ4n) is 0.825. The zero-order valence-corrected chi connectivity index (χ0v) is 6.44. The van der Waals surface area contributed by atoms with Gasteiger partial charge >= 0.3 is 0 Å². The van der Waals surface area contributed by atoms with Crippen molar-refractivity contribution in [2.45, 2.75) is 6.42 Å². The smallest absolute Gasteiger partial charge is 0.100 e. The summed E-state index contributed by atoms with van der Waals surface area (Å²) in [6, 6.07) is 3.55. The van der Waals surface area contributed by atoms with Gasteiger partial charge in [0, 0.05) is 18.0 Å². The van der Waals surface area contributed by atoms with E-state index in [0.717, 1.165) is 5.56 Å². The Bertz CT molecular complexity index is 311. The van der Waals surface area contributed by atoms with Gasteiger partial charge in [0.15, 0.2) is 0 Å². The zero-order valence-electron chi connectivity index (χ0n) is 6.44. The fourth-order valence-corrected chi connectivity index (χ4v) is 0.825. The Balaban J connectivity index is 2.91. The van der Waals surface area contributed by atoms with E-state index in [0.29, 0.717) is 12.1 Å². The summed E-state index contributed by atoms with van der Waals surface area (Å²) in [6.07, 6.45) is 8.64. The molecule has 0 fully saturated rings. The summed E-state index contributed by atoms with van der Waals surface area (Å²) < 4.78 is 0. The summed E-state index contributed by atoms with van der Waals surface area (Å²) in [6.45, 7) is 0. The Kier molecular flexibility index (Phi) is 2.86. The molecule has 12 heavy (non-hydrogen) atoms. The van der Waals surface area contributed by atoms with Crippen LogP contribution in [0.4, 0.5) is 0 Å². The monoisotopic (exact) mass is 160 g/mol. The molecule has 0 aliphatic heterocycles. The van der Waals surface area contributed by atoms with Crippen LogP contribution in [0.5, 0.6) is 0 Å². The van der Waals surface area contributed by atoms with Crippen LogP contribution < -0.4 is 0 Å². The molecule has 0 unspecified atom stereocenters. The van der Waals surface area contributed by atoms with E-state index < -0.39 is 0 Å². The third kappa shape index (κ3) is 1.83. The normalized spacial score (nSPS) is 10.8. The average molecular weight is 160 g/mol. The molecule has 1 N–H and O–H groups in total. The van der Waals surface area contributed by atoms with Crippen LogP contribution in [-0.2, 0) is 0 Å². The molecule has 3 nitrogen and oxygen atoms in total. The molecule has 60 valence electrons. The van der Waals surface area contributed by atoms with Crippen molar-refractivity contribution in [2.24, 2.45) is 5.16 Å². The summed E-state index contributed by atoms with van der Waals surface area (Å²) in [5.41, 5.74) is 1.21. The van der Waals surface area contributed by atoms with Crippen LogP contribution in [-0.4, -0.2) is 15.9 Å². The van der Waals surface area contributed by atoms with Crippen LogP contribution >= 0.6 is 0 Å². The maximum Gasteiger partial charge on any atom is 0.100 e. The van der Waals surface area contributed by atoms with Crippen LogP contribution in [0.2, 0.25) is 0 Å². The van der Waals surface area contributed by atoms with Gasteiger partial charge in [0.2, 0.25) is 0 Å². The first-order valence-electron chi connectivity index (χ1n) is 3.43. The van der Waals surface area contributed by atoms with Crippen LogP contribution in [0, 0.1) is 12.3 Å². The quantitative estimate of drug-likeness (QED) is 0.306. The minimum Gasteiger partial charge on any atom is -0.411 e. The topological polar surface area (TPSA) is 45.5 Å². The molecule has 0 atom stereocenters. The first-order chi connectivity index (χ1) is 5.88. The summed E-state index contributed by atoms with van der Waals surface area (Å²) >= 11 is 0. The lowest BCUT2D eigenvalue weighted by atomic mass is 10.1. The largest absolute Gasteiger partial charge is 0.411 e.